The zero-order valence-electron chi connectivity index (χ0n) is 12.8. The van der Waals surface area contributed by atoms with Crippen LogP contribution in [-0.2, 0) is 7.05 Å². The summed E-state index contributed by atoms with van der Waals surface area (Å²) in [6, 6.07) is -0.117. The van der Waals surface area contributed by atoms with Gasteiger partial charge in [-0.25, -0.2) is 15.0 Å². The third kappa shape index (κ3) is 2.27. The van der Waals surface area contributed by atoms with E-state index in [-0.39, 0.29) is 11.9 Å². The number of fused-ring (bicyclic) bond motifs is 1. The third-order valence-electron chi connectivity index (χ3n) is 4.17. The molecule has 0 aliphatic carbocycles. The fourth-order valence-electron chi connectivity index (χ4n) is 3.02. The quantitative estimate of drug-likeness (QED) is 0.734. The van der Waals surface area contributed by atoms with Crippen LogP contribution in [0.15, 0.2) is 37.2 Å². The Labute approximate surface area is 132 Å². The zero-order chi connectivity index (χ0) is 15.8. The van der Waals surface area contributed by atoms with Gasteiger partial charge in [-0.15, -0.1) is 0 Å². The van der Waals surface area contributed by atoms with Gasteiger partial charge < -0.3 is 19.2 Å². The molecule has 0 bridgehead atoms. The van der Waals surface area contributed by atoms with Gasteiger partial charge in [0.05, 0.1) is 0 Å². The smallest absolute Gasteiger partial charge is 0.277 e. The molecule has 1 unspecified atom stereocenters. The van der Waals surface area contributed by atoms with Crippen LogP contribution in [0.25, 0.3) is 5.65 Å². The second-order valence-electron chi connectivity index (χ2n) is 5.55. The van der Waals surface area contributed by atoms with E-state index in [0.717, 1.165) is 12.4 Å². The van der Waals surface area contributed by atoms with Crippen LogP contribution in [0.3, 0.4) is 0 Å². The van der Waals surface area contributed by atoms with Gasteiger partial charge in [0.15, 0.2) is 11.3 Å². The number of nitrogens with one attached hydrogen (secondary N) is 1. The highest BCUT2D eigenvalue weighted by molar-refractivity contribution is 5.98. The summed E-state index contributed by atoms with van der Waals surface area (Å²) in [5, 5.41) is 3.33. The van der Waals surface area contributed by atoms with E-state index in [0.29, 0.717) is 24.4 Å². The normalized spacial score (nSPS) is 18.5. The van der Waals surface area contributed by atoms with E-state index in [1.54, 1.807) is 29.2 Å². The molecule has 0 aromatic carbocycles. The molecule has 1 amide bonds. The number of amides is 1. The summed E-state index contributed by atoms with van der Waals surface area (Å²) in [5.74, 6) is 0.747. The summed E-state index contributed by atoms with van der Waals surface area (Å²) in [7, 11) is 1.94. The number of nitrogens with zero attached hydrogens (tertiary/aromatic N) is 6. The summed E-state index contributed by atoms with van der Waals surface area (Å²) in [6.07, 6.45) is 10.5. The predicted molar refractivity (Wildman–Crippen MR) is 82.8 cm³/mol. The van der Waals surface area contributed by atoms with Crippen LogP contribution >= 0.6 is 0 Å². The molecule has 1 aliphatic rings. The lowest BCUT2D eigenvalue weighted by Crippen LogP contribution is -2.49. The van der Waals surface area contributed by atoms with E-state index in [9.17, 15) is 4.79 Å². The van der Waals surface area contributed by atoms with Crippen molar-refractivity contribution in [3.63, 3.8) is 0 Å². The third-order valence-corrected chi connectivity index (χ3v) is 4.17. The molecule has 0 spiro atoms. The summed E-state index contributed by atoms with van der Waals surface area (Å²) in [5.41, 5.74) is 0.952. The van der Waals surface area contributed by atoms with Crippen LogP contribution < -0.4 is 5.32 Å². The molecule has 1 N–H and O–H groups in total. The summed E-state index contributed by atoms with van der Waals surface area (Å²) in [6.45, 7) is 2.04. The highest BCUT2D eigenvalue weighted by Gasteiger charge is 2.32. The van der Waals surface area contributed by atoms with Crippen molar-refractivity contribution >= 4 is 11.6 Å². The molecule has 3 aromatic rings. The average molecular weight is 311 g/mol. The van der Waals surface area contributed by atoms with Gasteiger partial charge in [-0.1, -0.05) is 0 Å². The number of aryl methyl sites for hydroxylation is 1. The Morgan fingerprint density at radius 1 is 1.17 bits per heavy atom. The lowest BCUT2D eigenvalue weighted by atomic mass is 10.1. The van der Waals surface area contributed by atoms with Crippen molar-refractivity contribution in [3.05, 3.63) is 48.7 Å². The topological polar surface area (TPSA) is 80.4 Å². The van der Waals surface area contributed by atoms with Crippen LogP contribution in [0.2, 0.25) is 0 Å². The van der Waals surface area contributed by atoms with Crippen molar-refractivity contribution in [2.75, 3.05) is 19.6 Å². The molecule has 8 heteroatoms. The Balaban J connectivity index is 1.73. The van der Waals surface area contributed by atoms with Crippen LogP contribution in [-0.4, -0.2) is 54.4 Å². The van der Waals surface area contributed by atoms with Crippen LogP contribution in [0, 0.1) is 0 Å². The van der Waals surface area contributed by atoms with Crippen LogP contribution in [0.5, 0.6) is 0 Å². The standard InChI is InChI=1S/C15H17N7O/c1-20-6-3-18-13(20)11-10-16-2-9-22(11)15(23)12-14-19-5-8-21(14)7-4-17-12/h3-8,11,16H,2,9-10H2,1H3. The van der Waals surface area contributed by atoms with E-state index in [2.05, 4.69) is 20.3 Å². The fourth-order valence-corrected chi connectivity index (χ4v) is 3.02. The van der Waals surface area contributed by atoms with Crippen molar-refractivity contribution < 1.29 is 4.79 Å². The number of rotatable bonds is 2. The molecule has 8 nitrogen and oxygen atoms in total. The first-order valence-corrected chi connectivity index (χ1v) is 7.52. The molecule has 0 radical (unpaired) electrons. The van der Waals surface area contributed by atoms with E-state index >= 15 is 0 Å². The molecular formula is C15H17N7O. The zero-order valence-corrected chi connectivity index (χ0v) is 12.8. The maximum Gasteiger partial charge on any atom is 0.277 e. The molecule has 0 saturated carbocycles. The number of carbonyl (C=O) groups is 1. The predicted octanol–water partition coefficient (Wildman–Crippen LogP) is 0.250. The van der Waals surface area contributed by atoms with Crippen molar-refractivity contribution in [2.45, 2.75) is 6.04 Å². The van der Waals surface area contributed by atoms with Crippen LogP contribution in [0.4, 0.5) is 0 Å². The largest absolute Gasteiger partial charge is 0.336 e. The SMILES string of the molecule is Cn1ccnc1C1CNCCN1C(=O)c1nccn2ccnc12. The first-order valence-electron chi connectivity index (χ1n) is 7.52. The summed E-state index contributed by atoms with van der Waals surface area (Å²) in [4.78, 5) is 27.8. The number of piperazine rings is 1. The molecule has 4 rings (SSSR count). The lowest BCUT2D eigenvalue weighted by Gasteiger charge is -2.35. The maximum absolute atomic E-state index is 13.1. The van der Waals surface area contributed by atoms with Gasteiger partial charge in [0.25, 0.3) is 5.91 Å². The molecule has 1 fully saturated rings. The molecule has 1 atom stereocenters. The van der Waals surface area contributed by atoms with E-state index in [1.807, 2.05) is 28.9 Å². The molecule has 4 heterocycles. The Hall–Kier alpha value is -2.74. The number of imidazole rings is 2. The molecule has 1 aliphatic heterocycles. The maximum atomic E-state index is 13.1. The fraction of sp³-hybridized carbons (Fsp3) is 0.333. The van der Waals surface area contributed by atoms with E-state index < -0.39 is 0 Å². The Morgan fingerprint density at radius 2 is 1.96 bits per heavy atom. The van der Waals surface area contributed by atoms with Gasteiger partial charge in [0.1, 0.15) is 11.9 Å². The number of carbonyl (C=O) groups excluding carboxylic acids is 1. The number of hydrogen-bond acceptors (Lipinski definition) is 5. The second kappa shape index (κ2) is 5.47. The average Bonchev–Trinajstić information content (AvgIpc) is 3.22. The first kappa shape index (κ1) is 13.9. The van der Waals surface area contributed by atoms with Gasteiger partial charge >= 0.3 is 0 Å². The summed E-state index contributed by atoms with van der Waals surface area (Å²) >= 11 is 0. The van der Waals surface area contributed by atoms with E-state index in [4.69, 9.17) is 0 Å². The molecule has 1 saturated heterocycles. The Kier molecular flexibility index (Phi) is 3.30. The second-order valence-corrected chi connectivity index (χ2v) is 5.55. The minimum Gasteiger partial charge on any atom is -0.336 e. The molecular weight excluding hydrogens is 294 g/mol. The van der Waals surface area contributed by atoms with Gasteiger partial charge in [-0.3, -0.25) is 4.79 Å². The highest BCUT2D eigenvalue weighted by Crippen LogP contribution is 2.23. The molecule has 3 aromatic heterocycles. The number of hydrogen-bond donors (Lipinski definition) is 1. The molecule has 118 valence electrons. The minimum absolute atomic E-state index is 0.115. The Bertz CT molecular complexity index is 852. The van der Waals surface area contributed by atoms with Crippen LogP contribution in [0.1, 0.15) is 22.4 Å². The van der Waals surface area contributed by atoms with Crippen molar-refractivity contribution in [2.24, 2.45) is 7.05 Å². The van der Waals surface area contributed by atoms with Gasteiger partial charge in [0, 0.05) is 63.9 Å². The first-order chi connectivity index (χ1) is 11.3. The van der Waals surface area contributed by atoms with Crippen molar-refractivity contribution in [3.8, 4) is 0 Å². The Morgan fingerprint density at radius 3 is 2.74 bits per heavy atom. The van der Waals surface area contributed by atoms with Crippen molar-refractivity contribution in [1.82, 2.24) is 34.1 Å². The number of aromatic nitrogens is 5. The minimum atomic E-state index is -0.117. The molecule has 23 heavy (non-hydrogen) atoms. The van der Waals surface area contributed by atoms with Gasteiger partial charge in [0.2, 0.25) is 0 Å². The lowest BCUT2D eigenvalue weighted by molar-refractivity contribution is 0.0616. The van der Waals surface area contributed by atoms with Gasteiger partial charge in [-0.2, -0.15) is 0 Å². The van der Waals surface area contributed by atoms with Crippen molar-refractivity contribution in [1.29, 1.82) is 0 Å². The van der Waals surface area contributed by atoms with E-state index in [1.165, 1.54) is 0 Å². The monoisotopic (exact) mass is 311 g/mol. The van der Waals surface area contributed by atoms with Gasteiger partial charge in [-0.05, 0) is 0 Å². The highest BCUT2D eigenvalue weighted by atomic mass is 16.2. The summed E-state index contributed by atoms with van der Waals surface area (Å²) < 4.78 is 3.75.